The molecule has 2 atom stereocenters. The highest BCUT2D eigenvalue weighted by Gasteiger charge is 2.43. The minimum Gasteiger partial charge on any atom is -0.490 e. The Morgan fingerprint density at radius 3 is 2.78 bits per heavy atom. The highest BCUT2D eigenvalue weighted by molar-refractivity contribution is 5.79. The zero-order chi connectivity index (χ0) is 18.9. The molecule has 6 nitrogen and oxygen atoms in total. The first-order chi connectivity index (χ1) is 13.1. The number of nitriles is 1. The number of fused-ring (bicyclic) bond motifs is 1. The monoisotopic (exact) mass is 369 g/mol. The van der Waals surface area contributed by atoms with Crippen molar-refractivity contribution in [3.8, 4) is 17.6 Å². The molecule has 1 aromatic carbocycles. The standard InChI is InChI=1S/C21H27N3O3/c1-21(14-22,16-6-7-16)23-20(25)13-24-9-2-4-17(24)15-5-8-18-19(12-15)27-11-3-10-26-18/h5,8,12,16-17H,2-4,6-7,9-11,13H2,1H3,(H,23,25)/t17-,21-/m1/s1. The van der Waals surface area contributed by atoms with E-state index in [-0.39, 0.29) is 11.9 Å². The van der Waals surface area contributed by atoms with Gasteiger partial charge in [-0.3, -0.25) is 9.69 Å². The van der Waals surface area contributed by atoms with Gasteiger partial charge in [0.1, 0.15) is 5.54 Å². The molecule has 0 bridgehead atoms. The van der Waals surface area contributed by atoms with Gasteiger partial charge in [0.25, 0.3) is 0 Å². The second kappa shape index (κ2) is 7.40. The van der Waals surface area contributed by atoms with E-state index in [1.54, 1.807) is 0 Å². The minimum atomic E-state index is -0.735. The van der Waals surface area contributed by atoms with Gasteiger partial charge in [-0.1, -0.05) is 6.07 Å². The molecule has 0 spiro atoms. The molecule has 1 saturated carbocycles. The maximum atomic E-state index is 12.6. The number of likely N-dealkylation sites (tertiary alicyclic amines) is 1. The smallest absolute Gasteiger partial charge is 0.235 e. The summed E-state index contributed by atoms with van der Waals surface area (Å²) < 4.78 is 11.5. The molecule has 1 saturated heterocycles. The molecule has 27 heavy (non-hydrogen) atoms. The minimum absolute atomic E-state index is 0.0628. The van der Waals surface area contributed by atoms with Gasteiger partial charge in [-0.2, -0.15) is 5.26 Å². The maximum absolute atomic E-state index is 12.6. The number of rotatable bonds is 5. The molecular weight excluding hydrogens is 342 g/mol. The van der Waals surface area contributed by atoms with Crippen LogP contribution in [0.2, 0.25) is 0 Å². The zero-order valence-electron chi connectivity index (χ0n) is 15.9. The molecule has 0 radical (unpaired) electrons. The molecule has 3 aliphatic rings. The third-order valence-corrected chi connectivity index (χ3v) is 5.89. The Labute approximate surface area is 160 Å². The van der Waals surface area contributed by atoms with Crippen LogP contribution in [0.1, 0.15) is 50.6 Å². The summed E-state index contributed by atoms with van der Waals surface area (Å²) >= 11 is 0. The Kier molecular flexibility index (Phi) is 4.96. The summed E-state index contributed by atoms with van der Waals surface area (Å²) in [5.41, 5.74) is 0.427. The van der Waals surface area contributed by atoms with Crippen LogP contribution in [-0.4, -0.2) is 42.6 Å². The van der Waals surface area contributed by atoms with Gasteiger partial charge >= 0.3 is 0 Å². The van der Waals surface area contributed by atoms with Crippen LogP contribution in [0.4, 0.5) is 0 Å². The van der Waals surface area contributed by atoms with E-state index in [1.165, 1.54) is 0 Å². The highest BCUT2D eigenvalue weighted by Crippen LogP contribution is 2.40. The van der Waals surface area contributed by atoms with Crippen LogP contribution in [-0.2, 0) is 4.79 Å². The maximum Gasteiger partial charge on any atom is 0.235 e. The Hall–Kier alpha value is -2.26. The van der Waals surface area contributed by atoms with E-state index in [0.29, 0.717) is 25.7 Å². The molecular formula is C21H27N3O3. The molecule has 2 aliphatic heterocycles. The van der Waals surface area contributed by atoms with Gasteiger partial charge in [0.2, 0.25) is 5.91 Å². The highest BCUT2D eigenvalue weighted by atomic mass is 16.5. The largest absolute Gasteiger partial charge is 0.490 e. The lowest BCUT2D eigenvalue weighted by atomic mass is 9.98. The van der Waals surface area contributed by atoms with Crippen molar-refractivity contribution in [1.29, 1.82) is 5.26 Å². The van der Waals surface area contributed by atoms with E-state index in [9.17, 15) is 10.1 Å². The lowest BCUT2D eigenvalue weighted by Crippen LogP contribution is -2.50. The lowest BCUT2D eigenvalue weighted by molar-refractivity contribution is -0.123. The molecule has 0 aromatic heterocycles. The van der Waals surface area contributed by atoms with Gasteiger partial charge in [0.15, 0.2) is 11.5 Å². The zero-order valence-corrected chi connectivity index (χ0v) is 15.9. The van der Waals surface area contributed by atoms with Crippen molar-refractivity contribution in [2.75, 3.05) is 26.3 Å². The number of carbonyl (C=O) groups is 1. The van der Waals surface area contributed by atoms with Crippen LogP contribution < -0.4 is 14.8 Å². The van der Waals surface area contributed by atoms with Crippen LogP contribution in [0.3, 0.4) is 0 Å². The Morgan fingerprint density at radius 1 is 1.26 bits per heavy atom. The van der Waals surface area contributed by atoms with Crippen molar-refractivity contribution in [1.82, 2.24) is 10.2 Å². The Balaban J connectivity index is 1.44. The number of hydrogen-bond donors (Lipinski definition) is 1. The van der Waals surface area contributed by atoms with Crippen molar-refractivity contribution in [2.24, 2.45) is 5.92 Å². The fraction of sp³-hybridized carbons (Fsp3) is 0.619. The van der Waals surface area contributed by atoms with E-state index in [2.05, 4.69) is 28.4 Å². The first-order valence-corrected chi connectivity index (χ1v) is 9.95. The second-order valence-electron chi connectivity index (χ2n) is 8.02. The molecule has 1 amide bonds. The summed E-state index contributed by atoms with van der Waals surface area (Å²) in [7, 11) is 0. The van der Waals surface area contributed by atoms with Gasteiger partial charge in [-0.05, 0) is 62.8 Å². The van der Waals surface area contributed by atoms with Crippen LogP contribution in [0, 0.1) is 17.2 Å². The third kappa shape index (κ3) is 3.89. The number of amides is 1. The van der Waals surface area contributed by atoms with Gasteiger partial charge in [-0.15, -0.1) is 0 Å². The number of nitrogens with zero attached hydrogens (tertiary/aromatic N) is 2. The average Bonchev–Trinajstić information content (AvgIpc) is 3.46. The molecule has 1 N–H and O–H groups in total. The summed E-state index contributed by atoms with van der Waals surface area (Å²) in [5.74, 6) is 1.83. The fourth-order valence-corrected chi connectivity index (χ4v) is 4.18. The fourth-order valence-electron chi connectivity index (χ4n) is 4.18. The third-order valence-electron chi connectivity index (χ3n) is 5.89. The molecule has 1 aromatic rings. The van der Waals surface area contributed by atoms with Gasteiger partial charge in [0.05, 0.1) is 25.8 Å². The first-order valence-electron chi connectivity index (χ1n) is 9.95. The number of carbonyl (C=O) groups excluding carboxylic acids is 1. The van der Waals surface area contributed by atoms with Crippen LogP contribution in [0.25, 0.3) is 0 Å². The molecule has 6 heteroatoms. The number of ether oxygens (including phenoxy) is 2. The number of hydrogen-bond acceptors (Lipinski definition) is 5. The van der Waals surface area contributed by atoms with Gasteiger partial charge in [0, 0.05) is 12.5 Å². The van der Waals surface area contributed by atoms with E-state index >= 15 is 0 Å². The normalized spacial score (nSPS) is 24.5. The molecule has 0 unspecified atom stereocenters. The van der Waals surface area contributed by atoms with Gasteiger partial charge in [-0.25, -0.2) is 0 Å². The van der Waals surface area contributed by atoms with Crippen LogP contribution >= 0.6 is 0 Å². The molecule has 1 aliphatic carbocycles. The van der Waals surface area contributed by atoms with Crippen molar-refractivity contribution in [2.45, 2.75) is 50.6 Å². The summed E-state index contributed by atoms with van der Waals surface area (Å²) in [6.07, 6.45) is 5.01. The first kappa shape index (κ1) is 18.1. The van der Waals surface area contributed by atoms with E-state index < -0.39 is 5.54 Å². The predicted octanol–water partition coefficient (Wildman–Crippen LogP) is 2.79. The topological polar surface area (TPSA) is 74.6 Å². The van der Waals surface area contributed by atoms with Crippen molar-refractivity contribution in [3.05, 3.63) is 23.8 Å². The quantitative estimate of drug-likeness (QED) is 0.864. The SMILES string of the molecule is C[C@](C#N)(NC(=O)CN1CCC[C@@H]1c1ccc2c(c1)OCCCO2)C1CC1. The Bertz CT molecular complexity index is 756. The van der Waals surface area contributed by atoms with Crippen LogP contribution in [0.5, 0.6) is 11.5 Å². The second-order valence-corrected chi connectivity index (χ2v) is 8.02. The number of benzene rings is 1. The summed E-state index contributed by atoms with van der Waals surface area (Å²) in [6.45, 7) is 4.40. The Morgan fingerprint density at radius 2 is 2.04 bits per heavy atom. The molecule has 4 rings (SSSR count). The summed E-state index contributed by atoms with van der Waals surface area (Å²) in [6, 6.07) is 8.62. The van der Waals surface area contributed by atoms with E-state index in [4.69, 9.17) is 9.47 Å². The van der Waals surface area contributed by atoms with E-state index in [0.717, 1.165) is 55.7 Å². The van der Waals surface area contributed by atoms with E-state index in [1.807, 2.05) is 13.0 Å². The van der Waals surface area contributed by atoms with Crippen molar-refractivity contribution in [3.63, 3.8) is 0 Å². The molecule has 2 fully saturated rings. The average molecular weight is 369 g/mol. The van der Waals surface area contributed by atoms with Gasteiger partial charge < -0.3 is 14.8 Å². The van der Waals surface area contributed by atoms with Crippen LogP contribution in [0.15, 0.2) is 18.2 Å². The summed E-state index contributed by atoms with van der Waals surface area (Å²) in [4.78, 5) is 14.8. The van der Waals surface area contributed by atoms with Crippen molar-refractivity contribution >= 4 is 5.91 Å². The molecule has 144 valence electrons. The molecule has 2 heterocycles. The van der Waals surface area contributed by atoms with Crippen molar-refractivity contribution < 1.29 is 14.3 Å². The lowest BCUT2D eigenvalue weighted by Gasteiger charge is -2.28. The predicted molar refractivity (Wildman–Crippen MR) is 100 cm³/mol. The number of nitrogens with one attached hydrogen (secondary N) is 1. The summed E-state index contributed by atoms with van der Waals surface area (Å²) in [5, 5.41) is 12.4.